The number of aryl methyl sites for hydroxylation is 2. The van der Waals surface area contributed by atoms with E-state index in [2.05, 4.69) is 52.4 Å². The van der Waals surface area contributed by atoms with Gasteiger partial charge in [-0.3, -0.25) is 0 Å². The van der Waals surface area contributed by atoms with Gasteiger partial charge in [0.2, 0.25) is 0 Å². The van der Waals surface area contributed by atoms with Crippen molar-refractivity contribution < 1.29 is 4.42 Å². The number of rotatable bonds is 3. The molecule has 2 nitrogen and oxygen atoms in total. The van der Waals surface area contributed by atoms with E-state index in [0.29, 0.717) is 0 Å². The van der Waals surface area contributed by atoms with Crippen molar-refractivity contribution in [2.24, 2.45) is 0 Å². The average molecular weight is 330 g/mol. The second kappa shape index (κ2) is 5.33. The number of nitrogens with one attached hydrogen (secondary N) is 1. The molecule has 0 radical (unpaired) electrons. The summed E-state index contributed by atoms with van der Waals surface area (Å²) in [6.07, 6.45) is 0. The molecule has 0 bridgehead atoms. The van der Waals surface area contributed by atoms with Crippen LogP contribution in [0, 0.1) is 13.8 Å². The van der Waals surface area contributed by atoms with E-state index in [0.717, 1.165) is 28.0 Å². The van der Waals surface area contributed by atoms with Crippen molar-refractivity contribution >= 4 is 32.6 Å². The summed E-state index contributed by atoms with van der Waals surface area (Å²) in [6.45, 7) is 4.89. The molecule has 0 aliphatic carbocycles. The van der Waals surface area contributed by atoms with Crippen molar-refractivity contribution in [3.63, 3.8) is 0 Å². The monoisotopic (exact) mass is 329 g/mol. The van der Waals surface area contributed by atoms with Crippen LogP contribution in [0.15, 0.2) is 51.4 Å². The Kier molecular flexibility index (Phi) is 3.53. The van der Waals surface area contributed by atoms with Gasteiger partial charge in [-0.15, -0.1) is 0 Å². The molecule has 0 aliphatic heterocycles. The number of para-hydroxylation sites is 1. The zero-order chi connectivity index (χ0) is 14.1. The molecular formula is C17H16BrNO. The fourth-order valence-corrected chi connectivity index (χ4v) is 2.93. The van der Waals surface area contributed by atoms with Crippen LogP contribution in [-0.2, 0) is 6.54 Å². The van der Waals surface area contributed by atoms with Gasteiger partial charge in [-0.2, -0.15) is 0 Å². The second-order valence-electron chi connectivity index (χ2n) is 4.95. The summed E-state index contributed by atoms with van der Waals surface area (Å²) in [6, 6.07) is 14.4. The van der Waals surface area contributed by atoms with Crippen molar-refractivity contribution in [2.45, 2.75) is 20.4 Å². The quantitative estimate of drug-likeness (QED) is 0.693. The van der Waals surface area contributed by atoms with E-state index in [1.54, 1.807) is 0 Å². The maximum Gasteiger partial charge on any atom is 0.134 e. The first-order valence-corrected chi connectivity index (χ1v) is 7.41. The van der Waals surface area contributed by atoms with Crippen LogP contribution in [0.2, 0.25) is 0 Å². The SMILES string of the molecule is Cc1cc(Br)ccc1NCc1c(C)oc2ccccc12. The molecule has 3 heteroatoms. The Morgan fingerprint density at radius 3 is 2.70 bits per heavy atom. The van der Waals surface area contributed by atoms with Crippen molar-refractivity contribution in [3.05, 3.63) is 63.8 Å². The standard InChI is InChI=1S/C17H16BrNO/c1-11-9-13(18)7-8-16(11)19-10-15-12(2)20-17-6-4-3-5-14(15)17/h3-9,19H,10H2,1-2H3. The summed E-state index contributed by atoms with van der Waals surface area (Å²) >= 11 is 3.49. The fraction of sp³-hybridized carbons (Fsp3) is 0.176. The Bertz CT molecular complexity index is 761. The number of hydrogen-bond donors (Lipinski definition) is 1. The summed E-state index contributed by atoms with van der Waals surface area (Å²) in [4.78, 5) is 0. The van der Waals surface area contributed by atoms with Gasteiger partial charge >= 0.3 is 0 Å². The van der Waals surface area contributed by atoms with Gasteiger partial charge in [0.05, 0.1) is 0 Å². The summed E-state index contributed by atoms with van der Waals surface area (Å²) in [5, 5.41) is 4.68. The van der Waals surface area contributed by atoms with E-state index in [-0.39, 0.29) is 0 Å². The highest BCUT2D eigenvalue weighted by atomic mass is 79.9. The normalized spacial score (nSPS) is 10.9. The Hall–Kier alpha value is -1.74. The minimum Gasteiger partial charge on any atom is -0.461 e. The van der Waals surface area contributed by atoms with Gasteiger partial charge < -0.3 is 9.73 Å². The van der Waals surface area contributed by atoms with Crippen LogP contribution in [0.4, 0.5) is 5.69 Å². The van der Waals surface area contributed by atoms with Crippen LogP contribution in [0.3, 0.4) is 0 Å². The third-order valence-electron chi connectivity index (χ3n) is 3.54. The summed E-state index contributed by atoms with van der Waals surface area (Å²) < 4.78 is 6.89. The summed E-state index contributed by atoms with van der Waals surface area (Å²) in [7, 11) is 0. The van der Waals surface area contributed by atoms with Gasteiger partial charge in [0.1, 0.15) is 11.3 Å². The number of benzene rings is 2. The highest BCUT2D eigenvalue weighted by molar-refractivity contribution is 9.10. The van der Waals surface area contributed by atoms with Gasteiger partial charge in [0.25, 0.3) is 0 Å². The molecule has 0 amide bonds. The maximum atomic E-state index is 5.79. The molecule has 3 rings (SSSR count). The lowest BCUT2D eigenvalue weighted by Crippen LogP contribution is -2.01. The Morgan fingerprint density at radius 2 is 1.90 bits per heavy atom. The van der Waals surface area contributed by atoms with Crippen LogP contribution in [-0.4, -0.2) is 0 Å². The van der Waals surface area contributed by atoms with Gasteiger partial charge in [0.15, 0.2) is 0 Å². The summed E-state index contributed by atoms with van der Waals surface area (Å²) in [5.74, 6) is 0.980. The number of halogens is 1. The lowest BCUT2D eigenvalue weighted by atomic mass is 10.1. The topological polar surface area (TPSA) is 25.2 Å². The first-order chi connectivity index (χ1) is 9.65. The minimum atomic E-state index is 0.769. The third kappa shape index (κ3) is 2.46. The first-order valence-electron chi connectivity index (χ1n) is 6.62. The number of fused-ring (bicyclic) bond motifs is 1. The van der Waals surface area contributed by atoms with Crippen molar-refractivity contribution in [1.29, 1.82) is 0 Å². The molecule has 0 aliphatic rings. The largest absolute Gasteiger partial charge is 0.461 e. The van der Waals surface area contributed by atoms with Gasteiger partial charge in [-0.1, -0.05) is 34.1 Å². The predicted molar refractivity (Wildman–Crippen MR) is 87.2 cm³/mol. The molecule has 1 heterocycles. The Morgan fingerprint density at radius 1 is 1.10 bits per heavy atom. The van der Waals surface area contributed by atoms with E-state index in [1.807, 2.05) is 25.1 Å². The number of hydrogen-bond acceptors (Lipinski definition) is 2. The molecule has 0 fully saturated rings. The summed E-state index contributed by atoms with van der Waals surface area (Å²) in [5.41, 5.74) is 4.56. The molecule has 0 atom stereocenters. The Balaban J connectivity index is 1.88. The van der Waals surface area contributed by atoms with E-state index in [1.165, 1.54) is 16.5 Å². The molecule has 0 saturated carbocycles. The van der Waals surface area contributed by atoms with E-state index >= 15 is 0 Å². The zero-order valence-corrected chi connectivity index (χ0v) is 13.1. The molecule has 3 aromatic rings. The highest BCUT2D eigenvalue weighted by Gasteiger charge is 2.10. The van der Waals surface area contributed by atoms with Crippen LogP contribution in [0.5, 0.6) is 0 Å². The van der Waals surface area contributed by atoms with Crippen LogP contribution in [0.25, 0.3) is 11.0 Å². The lowest BCUT2D eigenvalue weighted by Gasteiger charge is -2.09. The fourth-order valence-electron chi connectivity index (χ4n) is 2.45. The molecule has 1 aromatic heterocycles. The van der Waals surface area contributed by atoms with Gasteiger partial charge in [-0.05, 0) is 43.7 Å². The first kappa shape index (κ1) is 13.3. The maximum absolute atomic E-state index is 5.79. The molecule has 0 spiro atoms. The molecule has 0 saturated heterocycles. The highest BCUT2D eigenvalue weighted by Crippen LogP contribution is 2.27. The van der Waals surface area contributed by atoms with Gasteiger partial charge in [-0.25, -0.2) is 0 Å². The van der Waals surface area contributed by atoms with Gasteiger partial charge in [0, 0.05) is 27.7 Å². The predicted octanol–water partition coefficient (Wildman–Crippen LogP) is 5.42. The van der Waals surface area contributed by atoms with E-state index in [9.17, 15) is 0 Å². The van der Waals surface area contributed by atoms with E-state index in [4.69, 9.17) is 4.42 Å². The molecule has 2 aromatic carbocycles. The molecule has 102 valence electrons. The smallest absolute Gasteiger partial charge is 0.134 e. The Labute approximate surface area is 126 Å². The van der Waals surface area contributed by atoms with Crippen molar-refractivity contribution in [3.8, 4) is 0 Å². The molecule has 0 unspecified atom stereocenters. The molecule has 20 heavy (non-hydrogen) atoms. The second-order valence-corrected chi connectivity index (χ2v) is 5.86. The third-order valence-corrected chi connectivity index (χ3v) is 4.04. The van der Waals surface area contributed by atoms with Crippen LogP contribution >= 0.6 is 15.9 Å². The molecule has 1 N–H and O–H groups in total. The van der Waals surface area contributed by atoms with E-state index < -0.39 is 0 Å². The number of furan rings is 1. The molecular weight excluding hydrogens is 314 g/mol. The van der Waals surface area contributed by atoms with Crippen LogP contribution in [0.1, 0.15) is 16.9 Å². The van der Waals surface area contributed by atoms with Crippen molar-refractivity contribution in [2.75, 3.05) is 5.32 Å². The zero-order valence-electron chi connectivity index (χ0n) is 11.5. The lowest BCUT2D eigenvalue weighted by molar-refractivity contribution is 0.573. The van der Waals surface area contributed by atoms with Crippen molar-refractivity contribution in [1.82, 2.24) is 0 Å². The number of anilines is 1. The minimum absolute atomic E-state index is 0.769. The van der Waals surface area contributed by atoms with Crippen LogP contribution < -0.4 is 5.32 Å². The average Bonchev–Trinajstić information content (AvgIpc) is 2.74.